The van der Waals surface area contributed by atoms with E-state index in [9.17, 15) is 15.2 Å². The molecule has 0 aromatic carbocycles. The highest BCUT2D eigenvalue weighted by Gasteiger charge is 2.43. The molecule has 9 heteroatoms. The predicted octanol–water partition coefficient (Wildman–Crippen LogP) is 6.90. The van der Waals surface area contributed by atoms with Gasteiger partial charge in [0.05, 0.1) is 23.5 Å². The lowest BCUT2D eigenvalue weighted by Crippen LogP contribution is -2.48. The van der Waals surface area contributed by atoms with Gasteiger partial charge >= 0.3 is 0 Å². The van der Waals surface area contributed by atoms with E-state index in [0.29, 0.717) is 13.0 Å². The molecule has 0 bridgehead atoms. The van der Waals surface area contributed by atoms with Crippen molar-refractivity contribution in [2.45, 2.75) is 123 Å². The molecule has 8 nitrogen and oxygen atoms in total. The summed E-state index contributed by atoms with van der Waals surface area (Å²) in [7, 11) is -1.25. The largest absolute Gasteiger partial charge is 0.393 e. The molecule has 2 aliphatic rings. The molecule has 2 atom stereocenters. The zero-order valence-electron chi connectivity index (χ0n) is 27.4. The van der Waals surface area contributed by atoms with Crippen molar-refractivity contribution in [3.63, 3.8) is 0 Å². The summed E-state index contributed by atoms with van der Waals surface area (Å²) in [5.74, 6) is 0.196. The lowest BCUT2D eigenvalue weighted by molar-refractivity contribution is -0.187. The molecule has 0 saturated carbocycles. The van der Waals surface area contributed by atoms with Crippen molar-refractivity contribution in [1.82, 2.24) is 14.5 Å². The van der Waals surface area contributed by atoms with Crippen molar-refractivity contribution in [2.75, 3.05) is 13.2 Å². The van der Waals surface area contributed by atoms with Gasteiger partial charge in [0.25, 0.3) is 0 Å². The summed E-state index contributed by atoms with van der Waals surface area (Å²) in [6, 6.07) is 7.17. The number of imidazole rings is 1. The molecule has 1 fully saturated rings. The molecular weight excluding hydrogens is 556 g/mol. The molecule has 2 aromatic rings. The van der Waals surface area contributed by atoms with E-state index in [2.05, 4.69) is 64.5 Å². The number of nitrogens with zero attached hydrogens (tertiary/aromatic N) is 4. The van der Waals surface area contributed by atoms with Gasteiger partial charge in [-0.15, -0.1) is 0 Å². The Bertz CT molecular complexity index is 1400. The van der Waals surface area contributed by atoms with E-state index in [1.165, 1.54) is 5.57 Å². The van der Waals surface area contributed by atoms with E-state index in [0.717, 1.165) is 48.7 Å². The summed E-state index contributed by atoms with van der Waals surface area (Å²) in [6.45, 7) is 18.3. The van der Waals surface area contributed by atoms with E-state index in [1.807, 2.05) is 19.1 Å². The molecule has 1 N–H and O–H groups in total. The fraction of sp³-hybridized carbons (Fsp3) is 0.647. The third-order valence-corrected chi connectivity index (χ3v) is 10.4. The van der Waals surface area contributed by atoms with Crippen molar-refractivity contribution < 1.29 is 19.4 Å². The van der Waals surface area contributed by atoms with Gasteiger partial charge in [-0.25, -0.2) is 4.98 Å². The van der Waals surface area contributed by atoms with E-state index in [-0.39, 0.29) is 48.4 Å². The number of ketones is 1. The number of ether oxygens (including phenoxy) is 2. The number of aliphatic hydroxyl groups excluding tert-OH is 1. The molecule has 2 unspecified atom stereocenters. The summed E-state index contributed by atoms with van der Waals surface area (Å²) >= 11 is 0. The number of rotatable bonds is 11. The van der Waals surface area contributed by atoms with Crippen LogP contribution in [0.1, 0.15) is 106 Å². The Labute approximate surface area is 258 Å². The van der Waals surface area contributed by atoms with Crippen molar-refractivity contribution in [1.29, 1.82) is 5.26 Å². The quantitative estimate of drug-likeness (QED) is 0.168. The van der Waals surface area contributed by atoms with Gasteiger partial charge in [0.1, 0.15) is 12.8 Å². The van der Waals surface area contributed by atoms with E-state index < -0.39 is 19.3 Å². The molecular formula is C34H50N4O4Si. The van der Waals surface area contributed by atoms with Crippen LogP contribution in [0.25, 0.3) is 5.57 Å². The van der Waals surface area contributed by atoms with E-state index >= 15 is 0 Å². The first-order chi connectivity index (χ1) is 20.0. The smallest absolute Gasteiger partial charge is 0.202 e. The number of nitriles is 1. The van der Waals surface area contributed by atoms with Crippen LogP contribution in [0.2, 0.25) is 25.7 Å². The minimum Gasteiger partial charge on any atom is -0.393 e. The molecule has 1 aliphatic heterocycles. The van der Waals surface area contributed by atoms with Crippen LogP contribution in [0.15, 0.2) is 24.4 Å². The summed E-state index contributed by atoms with van der Waals surface area (Å²) in [6.07, 6.45) is 8.40. The second kappa shape index (κ2) is 12.8. The van der Waals surface area contributed by atoms with Gasteiger partial charge in [-0.05, 0) is 81.5 Å². The molecule has 4 rings (SSSR count). The Morgan fingerprint density at radius 2 is 1.93 bits per heavy atom. The highest BCUT2D eigenvalue weighted by Crippen LogP contribution is 2.44. The summed E-state index contributed by atoms with van der Waals surface area (Å²) in [4.78, 5) is 23.4. The first-order valence-electron chi connectivity index (χ1n) is 15.6. The van der Waals surface area contributed by atoms with Crippen LogP contribution in [0.5, 0.6) is 0 Å². The summed E-state index contributed by atoms with van der Waals surface area (Å²) in [5, 5.41) is 19.6. The van der Waals surface area contributed by atoms with Gasteiger partial charge in [0.15, 0.2) is 11.5 Å². The second-order valence-electron chi connectivity index (χ2n) is 15.4. The van der Waals surface area contributed by atoms with Gasteiger partial charge in [0, 0.05) is 38.9 Å². The highest BCUT2D eigenvalue weighted by atomic mass is 28.3. The van der Waals surface area contributed by atoms with Crippen LogP contribution in [0, 0.1) is 16.7 Å². The first-order valence-corrected chi connectivity index (χ1v) is 19.3. The summed E-state index contributed by atoms with van der Waals surface area (Å²) < 4.78 is 13.8. The number of aromatic nitrogens is 3. The number of aliphatic hydroxyl groups is 1. The average Bonchev–Trinajstić information content (AvgIpc) is 3.33. The first kappa shape index (κ1) is 33.3. The lowest BCUT2D eigenvalue weighted by Gasteiger charge is -2.46. The predicted molar refractivity (Wildman–Crippen MR) is 172 cm³/mol. The lowest BCUT2D eigenvalue weighted by atomic mass is 9.76. The van der Waals surface area contributed by atoms with E-state index in [4.69, 9.17) is 14.5 Å². The van der Waals surface area contributed by atoms with Crippen molar-refractivity contribution in [3.8, 4) is 6.07 Å². The number of carbonyl (C=O) groups excluding carboxylic acids is 1. The van der Waals surface area contributed by atoms with Crippen molar-refractivity contribution in [3.05, 3.63) is 52.9 Å². The maximum atomic E-state index is 13.8. The molecule has 0 amide bonds. The molecule has 234 valence electrons. The third kappa shape index (κ3) is 8.72. The highest BCUT2D eigenvalue weighted by molar-refractivity contribution is 6.76. The summed E-state index contributed by atoms with van der Waals surface area (Å²) in [5.41, 5.74) is 3.30. The topological polar surface area (TPSA) is 110 Å². The third-order valence-electron chi connectivity index (χ3n) is 8.69. The molecule has 0 spiro atoms. The Morgan fingerprint density at radius 1 is 1.19 bits per heavy atom. The fourth-order valence-corrected chi connectivity index (χ4v) is 7.03. The maximum Gasteiger partial charge on any atom is 0.202 e. The van der Waals surface area contributed by atoms with Crippen LogP contribution < -0.4 is 0 Å². The number of hydrogen-bond acceptors (Lipinski definition) is 7. The van der Waals surface area contributed by atoms with E-state index in [1.54, 1.807) is 10.8 Å². The van der Waals surface area contributed by atoms with Crippen LogP contribution in [-0.4, -0.2) is 57.9 Å². The Hall–Kier alpha value is -2.64. The molecule has 43 heavy (non-hydrogen) atoms. The maximum absolute atomic E-state index is 13.8. The fourth-order valence-electron chi connectivity index (χ4n) is 6.27. The Kier molecular flexibility index (Phi) is 9.87. The molecule has 0 radical (unpaired) electrons. The Balaban J connectivity index is 1.64. The zero-order valence-corrected chi connectivity index (χ0v) is 28.4. The van der Waals surface area contributed by atoms with Crippen LogP contribution in [0.3, 0.4) is 0 Å². The van der Waals surface area contributed by atoms with Crippen LogP contribution >= 0.6 is 0 Å². The second-order valence-corrected chi connectivity index (χ2v) is 21.0. The normalized spacial score (nSPS) is 23.4. The van der Waals surface area contributed by atoms with Crippen molar-refractivity contribution >= 4 is 19.4 Å². The van der Waals surface area contributed by atoms with Gasteiger partial charge in [-0.1, -0.05) is 45.6 Å². The minimum absolute atomic E-state index is 0.0498. The molecule has 1 aliphatic carbocycles. The number of pyridine rings is 1. The van der Waals surface area contributed by atoms with Crippen LogP contribution in [0.4, 0.5) is 0 Å². The number of carbonyl (C=O) groups is 1. The number of hydrogen-bond donors (Lipinski definition) is 1. The number of Topliss-reactive ketones (excluding diaryl/α,β-unsaturated/α-hetero) is 1. The Morgan fingerprint density at radius 3 is 2.56 bits per heavy atom. The van der Waals surface area contributed by atoms with Crippen LogP contribution in [-0.2, 0) is 22.6 Å². The SMILES string of the molecule is CC1(C)CC=C(c2nc(C3CC(C)(C)OC(C)(CO)C3)ccc2CC(=O)c2nc(C#N)cn2COCC[Si](C)(C)C)CC1. The average molecular weight is 607 g/mol. The molecule has 1 saturated heterocycles. The van der Waals surface area contributed by atoms with Crippen molar-refractivity contribution in [2.24, 2.45) is 5.41 Å². The number of allylic oxidation sites excluding steroid dienone is 2. The standard InChI is InChI=1S/C34H50N4O4Si/c1-32(2)13-11-24(12-14-32)30-25(9-10-28(37-30)26-18-33(3,4)42-34(5,19-26)22-39)17-29(40)31-36-27(20-35)21-38(31)23-41-15-16-43(6,7)8/h9-11,21,26,39H,12-19,22-23H2,1-8H3. The minimum atomic E-state index is -1.25. The molecule has 3 heterocycles. The van der Waals surface area contributed by atoms with Gasteiger partial charge in [0.2, 0.25) is 5.78 Å². The van der Waals surface area contributed by atoms with Gasteiger partial charge in [-0.3, -0.25) is 9.78 Å². The van der Waals surface area contributed by atoms with Gasteiger partial charge in [-0.2, -0.15) is 5.26 Å². The molecule has 2 aromatic heterocycles. The zero-order chi connectivity index (χ0) is 31.6. The van der Waals surface area contributed by atoms with Gasteiger partial charge < -0.3 is 19.1 Å². The monoisotopic (exact) mass is 606 g/mol.